The van der Waals surface area contributed by atoms with Gasteiger partial charge in [0.1, 0.15) is 36.5 Å². The monoisotopic (exact) mass is 781 g/mol. The molecule has 6 atom stereocenters. The Hall–Kier alpha value is -4.97. The predicted molar refractivity (Wildman–Crippen MR) is 212 cm³/mol. The van der Waals surface area contributed by atoms with E-state index in [0.717, 1.165) is 0 Å². The quantitative estimate of drug-likeness (QED) is 0.0218. The van der Waals surface area contributed by atoms with Crippen LogP contribution in [0.4, 0.5) is 0 Å². The molecule has 19 nitrogen and oxygen atoms in total. The number of unbranched alkanes of at least 4 members (excludes halogenated alkanes) is 1. The number of hydrogen-bond acceptors (Lipinski definition) is 9. The van der Waals surface area contributed by atoms with Gasteiger partial charge in [-0.1, -0.05) is 54.4 Å². The van der Waals surface area contributed by atoms with Crippen LogP contribution in [0.25, 0.3) is 0 Å². The third-order valence-electron chi connectivity index (χ3n) is 8.12. The van der Waals surface area contributed by atoms with Crippen molar-refractivity contribution in [2.45, 2.75) is 149 Å². The summed E-state index contributed by atoms with van der Waals surface area (Å²) < 4.78 is 0. The lowest BCUT2D eigenvalue weighted by Gasteiger charge is -2.30. The Bertz CT molecular complexity index is 1320. The van der Waals surface area contributed by atoms with Gasteiger partial charge in [0.15, 0.2) is 11.9 Å². The summed E-state index contributed by atoms with van der Waals surface area (Å²) in [4.78, 5) is 98.7. The number of aldehydes is 1. The van der Waals surface area contributed by atoms with Crippen LogP contribution >= 0.6 is 0 Å². The first-order chi connectivity index (χ1) is 25.6. The summed E-state index contributed by atoms with van der Waals surface area (Å²) in [5, 5.41) is 16.1. The Morgan fingerprint density at radius 3 is 1.56 bits per heavy atom. The smallest absolute Gasteiger partial charge is 0.243 e. The van der Waals surface area contributed by atoms with Gasteiger partial charge in [-0.3, -0.25) is 38.8 Å². The molecular weight excluding hydrogens is 712 g/mol. The molecule has 14 N–H and O–H groups in total. The Kier molecular flexibility index (Phi) is 23.6. The van der Waals surface area contributed by atoms with Gasteiger partial charge < -0.3 is 59.6 Å². The molecule has 0 radical (unpaired) electrons. The second-order valence-corrected chi connectivity index (χ2v) is 15.4. The average Bonchev–Trinajstić information content (AvgIpc) is 3.06. The zero-order valence-corrected chi connectivity index (χ0v) is 34.0. The van der Waals surface area contributed by atoms with Gasteiger partial charge in [0.05, 0.1) is 6.04 Å². The molecule has 0 aliphatic heterocycles. The van der Waals surface area contributed by atoms with Crippen LogP contribution in [0.2, 0.25) is 0 Å². The number of nitrogens with zero attached hydrogens (tertiary/aromatic N) is 2. The first-order valence-electron chi connectivity index (χ1n) is 18.9. The molecule has 0 aromatic heterocycles. The Balaban J connectivity index is 6.02. The van der Waals surface area contributed by atoms with Crippen molar-refractivity contribution in [3.63, 3.8) is 0 Å². The van der Waals surface area contributed by atoms with Crippen LogP contribution in [-0.4, -0.2) is 103 Å². The van der Waals surface area contributed by atoms with Crippen molar-refractivity contribution in [3.05, 3.63) is 0 Å². The molecule has 0 fully saturated rings. The minimum Gasteiger partial charge on any atom is -0.370 e. The van der Waals surface area contributed by atoms with Crippen molar-refractivity contribution in [1.29, 1.82) is 0 Å². The summed E-state index contributed by atoms with van der Waals surface area (Å²) in [6, 6.07) is -6.05. The molecule has 0 heterocycles. The van der Waals surface area contributed by atoms with Gasteiger partial charge in [-0.25, -0.2) is 0 Å². The Labute approximate surface area is 325 Å². The van der Waals surface area contributed by atoms with Crippen LogP contribution in [-0.2, 0) is 33.6 Å². The summed E-state index contributed by atoms with van der Waals surface area (Å²) in [5.41, 5.74) is 20.9. The number of carbonyl (C=O) groups is 7. The molecule has 0 spiro atoms. The van der Waals surface area contributed by atoms with E-state index in [2.05, 4.69) is 41.9 Å². The van der Waals surface area contributed by atoms with Gasteiger partial charge in [-0.15, -0.1) is 0 Å². The first-order valence-corrected chi connectivity index (χ1v) is 18.9. The zero-order chi connectivity index (χ0) is 42.3. The van der Waals surface area contributed by atoms with Crippen molar-refractivity contribution in [3.8, 4) is 0 Å². The number of rotatable bonds is 26. The van der Waals surface area contributed by atoms with Crippen molar-refractivity contribution in [2.75, 3.05) is 13.1 Å². The minimum atomic E-state index is -1.10. The van der Waals surface area contributed by atoms with E-state index in [-0.39, 0.29) is 63.0 Å². The second-order valence-electron chi connectivity index (χ2n) is 15.4. The van der Waals surface area contributed by atoms with Gasteiger partial charge in [-0.2, -0.15) is 0 Å². The third kappa shape index (κ3) is 23.4. The molecule has 0 aliphatic rings. The van der Waals surface area contributed by atoms with E-state index in [0.29, 0.717) is 32.0 Å². The number of nitrogens with two attached hydrogens (primary N) is 4. The highest BCUT2D eigenvalue weighted by Crippen LogP contribution is 2.22. The number of guanidine groups is 2. The van der Waals surface area contributed by atoms with Gasteiger partial charge >= 0.3 is 0 Å². The van der Waals surface area contributed by atoms with E-state index in [1.54, 1.807) is 0 Å². The highest BCUT2D eigenvalue weighted by Gasteiger charge is 2.34. The zero-order valence-electron chi connectivity index (χ0n) is 34.0. The minimum absolute atomic E-state index is 0.0418. The normalized spacial score (nSPS) is 14.4. The average molecular weight is 781 g/mol. The molecule has 0 saturated carbocycles. The second kappa shape index (κ2) is 25.9. The third-order valence-corrected chi connectivity index (χ3v) is 8.12. The van der Waals surface area contributed by atoms with E-state index in [1.165, 1.54) is 13.8 Å². The van der Waals surface area contributed by atoms with E-state index < -0.39 is 77.1 Å². The maximum absolute atomic E-state index is 13.9. The molecule has 0 unspecified atom stereocenters. The summed E-state index contributed by atoms with van der Waals surface area (Å²) in [7, 11) is 0. The molecule has 55 heavy (non-hydrogen) atoms. The standard InChI is InChI=1S/C36H68N12O7/c1-9-10-14-26(30(52)43-22(4)29(51)45-24(20-49)13-11-16-41-34(37)38)46-33(55)28(19-36(6,7)8)48-32(54)27(18-21(2)3)47-31(53)25(44-23(5)50)15-12-17-42-35(39)40/h20-22,24-28H,9-19H2,1-8H3,(H,43,52)(H,44,50)(H,45,51)(H,46,55)(H,47,53)(H,48,54)(H4,37,38,41)(H4,39,40,42)/t22-,24-,25-,26-,27-,28-/m0/s1. The van der Waals surface area contributed by atoms with Crippen LogP contribution in [0.5, 0.6) is 0 Å². The Morgan fingerprint density at radius 1 is 0.618 bits per heavy atom. The van der Waals surface area contributed by atoms with Crippen LogP contribution in [0.15, 0.2) is 9.98 Å². The molecule has 0 aliphatic carbocycles. The Morgan fingerprint density at radius 2 is 1.07 bits per heavy atom. The first kappa shape index (κ1) is 50.0. The molecule has 314 valence electrons. The molecule has 0 saturated heterocycles. The number of aliphatic imine (C=N–C) groups is 2. The van der Waals surface area contributed by atoms with Crippen molar-refractivity contribution in [2.24, 2.45) is 44.3 Å². The number of amides is 6. The highest BCUT2D eigenvalue weighted by atomic mass is 16.2. The summed E-state index contributed by atoms with van der Waals surface area (Å²) in [6.45, 7) is 14.6. The van der Waals surface area contributed by atoms with E-state index >= 15 is 0 Å². The number of carbonyl (C=O) groups excluding carboxylic acids is 7. The fourth-order valence-corrected chi connectivity index (χ4v) is 5.42. The maximum atomic E-state index is 13.9. The molecule has 0 aromatic carbocycles. The molecule has 0 aromatic rings. The van der Waals surface area contributed by atoms with Gasteiger partial charge in [0, 0.05) is 20.0 Å². The number of nitrogens with one attached hydrogen (secondary N) is 6. The molecule has 0 bridgehead atoms. The van der Waals surface area contributed by atoms with Gasteiger partial charge in [0.25, 0.3) is 0 Å². The summed E-state index contributed by atoms with van der Waals surface area (Å²) in [5.74, 6) is -3.70. The molecule has 19 heteroatoms. The topological polar surface area (TPSA) is 320 Å². The molecular formula is C36H68N12O7. The lowest BCUT2D eigenvalue weighted by Crippen LogP contribution is -2.59. The van der Waals surface area contributed by atoms with Crippen LogP contribution in [0.1, 0.15) is 113 Å². The maximum Gasteiger partial charge on any atom is 0.243 e. The van der Waals surface area contributed by atoms with Crippen molar-refractivity contribution >= 4 is 53.6 Å². The van der Waals surface area contributed by atoms with Crippen molar-refractivity contribution < 1.29 is 33.6 Å². The molecule has 6 amide bonds. The molecule has 0 rings (SSSR count). The van der Waals surface area contributed by atoms with Gasteiger partial charge in [0.2, 0.25) is 35.4 Å². The van der Waals surface area contributed by atoms with E-state index in [1.807, 2.05) is 41.5 Å². The summed E-state index contributed by atoms with van der Waals surface area (Å²) in [6.07, 6.45) is 3.83. The lowest BCUT2D eigenvalue weighted by molar-refractivity contribution is -0.135. The fraction of sp³-hybridized carbons (Fsp3) is 0.750. The predicted octanol–water partition coefficient (Wildman–Crippen LogP) is -1.09. The number of hydrogen-bond donors (Lipinski definition) is 10. The SMILES string of the molecule is CCCC[C@H](NC(=O)[C@H](CC(C)(C)C)NC(=O)[C@H](CC(C)C)NC(=O)[C@H](CCCN=C(N)N)NC(C)=O)C(=O)N[C@@H](C)C(=O)N[C@H](C=O)CCCN=C(N)N. The van der Waals surface area contributed by atoms with Crippen LogP contribution in [0.3, 0.4) is 0 Å². The van der Waals surface area contributed by atoms with E-state index in [9.17, 15) is 33.6 Å². The highest BCUT2D eigenvalue weighted by molar-refractivity contribution is 5.96. The van der Waals surface area contributed by atoms with E-state index in [4.69, 9.17) is 22.9 Å². The van der Waals surface area contributed by atoms with Crippen LogP contribution in [0, 0.1) is 11.3 Å². The van der Waals surface area contributed by atoms with Crippen LogP contribution < -0.4 is 54.8 Å². The van der Waals surface area contributed by atoms with Crippen molar-refractivity contribution in [1.82, 2.24) is 31.9 Å². The summed E-state index contributed by atoms with van der Waals surface area (Å²) >= 11 is 0. The largest absolute Gasteiger partial charge is 0.370 e. The van der Waals surface area contributed by atoms with Gasteiger partial charge in [-0.05, 0) is 63.2 Å². The lowest BCUT2D eigenvalue weighted by atomic mass is 9.87. The fourth-order valence-electron chi connectivity index (χ4n) is 5.42.